The van der Waals surface area contributed by atoms with E-state index in [1.807, 2.05) is 24.3 Å². The third kappa shape index (κ3) is 5.68. The first kappa shape index (κ1) is 24.4. The molecule has 4 aromatic carbocycles. The summed E-state index contributed by atoms with van der Waals surface area (Å²) in [4.78, 5) is 37.2. The second-order valence-electron chi connectivity index (χ2n) is 7.45. The highest BCUT2D eigenvalue weighted by molar-refractivity contribution is 6.41. The molecule has 0 spiro atoms. The molecule has 4 rings (SSSR count). The predicted octanol–water partition coefficient (Wildman–Crippen LogP) is 4.81. The van der Waals surface area contributed by atoms with Crippen LogP contribution in [0.15, 0.2) is 90.0 Å². The molecule has 0 aliphatic heterocycles. The van der Waals surface area contributed by atoms with E-state index >= 15 is 0 Å². The van der Waals surface area contributed by atoms with Gasteiger partial charge in [-0.2, -0.15) is 5.10 Å². The molecule has 0 aliphatic carbocycles. The Morgan fingerprint density at radius 1 is 0.861 bits per heavy atom. The van der Waals surface area contributed by atoms with Gasteiger partial charge in [0.2, 0.25) is 0 Å². The summed E-state index contributed by atoms with van der Waals surface area (Å²) in [6.45, 7) is 0. The lowest BCUT2D eigenvalue weighted by Crippen LogP contribution is -2.32. The summed E-state index contributed by atoms with van der Waals surface area (Å²) in [5.41, 5.74) is 3.25. The van der Waals surface area contributed by atoms with Crippen LogP contribution in [-0.4, -0.2) is 31.1 Å². The van der Waals surface area contributed by atoms with E-state index in [1.54, 1.807) is 60.7 Å². The Labute approximate surface area is 211 Å². The zero-order chi connectivity index (χ0) is 25.5. The molecule has 0 atom stereocenters. The Morgan fingerprint density at radius 3 is 2.33 bits per heavy atom. The van der Waals surface area contributed by atoms with E-state index in [9.17, 15) is 14.4 Å². The number of anilines is 1. The molecule has 2 amide bonds. The lowest BCUT2D eigenvalue weighted by molar-refractivity contribution is -0.136. The fourth-order valence-corrected chi connectivity index (χ4v) is 3.51. The second kappa shape index (κ2) is 11.2. The molecule has 0 bridgehead atoms. The summed E-state index contributed by atoms with van der Waals surface area (Å²) in [5, 5.41) is 8.22. The lowest BCUT2D eigenvalue weighted by atomic mass is 10.0. The molecule has 0 heterocycles. The molecule has 9 heteroatoms. The van der Waals surface area contributed by atoms with Crippen molar-refractivity contribution in [3.63, 3.8) is 0 Å². The van der Waals surface area contributed by atoms with E-state index < -0.39 is 17.8 Å². The number of benzene rings is 4. The van der Waals surface area contributed by atoms with Crippen LogP contribution in [0.25, 0.3) is 10.8 Å². The molecule has 0 unspecified atom stereocenters. The smallest absolute Gasteiger partial charge is 0.343 e. The number of esters is 1. The number of fused-ring (bicyclic) bond motifs is 1. The Morgan fingerprint density at radius 2 is 1.58 bits per heavy atom. The maximum absolute atomic E-state index is 12.7. The van der Waals surface area contributed by atoms with E-state index in [0.717, 1.165) is 10.8 Å². The first-order valence-corrected chi connectivity index (χ1v) is 11.1. The number of halogens is 1. The minimum atomic E-state index is -0.997. The van der Waals surface area contributed by atoms with E-state index in [4.69, 9.17) is 21.1 Å². The molecule has 2 N–H and O–H groups in total. The van der Waals surface area contributed by atoms with Crippen molar-refractivity contribution >= 4 is 52.1 Å². The van der Waals surface area contributed by atoms with E-state index in [-0.39, 0.29) is 5.75 Å². The standard InChI is InChI=1S/C27H20ClN3O5/c1-35-19-13-10-18(11-14-19)27(34)36-24-15-12-17-6-2-3-7-20(17)21(24)16-29-31-26(33)25(32)30-23-9-5-4-8-22(23)28/h2-16H,1H3,(H,30,32)(H,31,33)/b29-16+. The summed E-state index contributed by atoms with van der Waals surface area (Å²) in [5.74, 6) is -1.68. The first-order valence-electron chi connectivity index (χ1n) is 10.7. The van der Waals surface area contributed by atoms with E-state index in [0.29, 0.717) is 27.6 Å². The van der Waals surface area contributed by atoms with Crippen molar-refractivity contribution in [3.05, 3.63) is 101 Å². The minimum absolute atomic E-state index is 0.230. The predicted molar refractivity (Wildman–Crippen MR) is 138 cm³/mol. The van der Waals surface area contributed by atoms with Gasteiger partial charge in [-0.3, -0.25) is 9.59 Å². The third-order valence-corrected chi connectivity index (χ3v) is 5.48. The molecule has 180 valence electrons. The van der Waals surface area contributed by atoms with E-state index in [1.165, 1.54) is 13.3 Å². The highest BCUT2D eigenvalue weighted by atomic mass is 35.5. The van der Waals surface area contributed by atoms with E-state index in [2.05, 4.69) is 15.8 Å². The van der Waals surface area contributed by atoms with Crippen molar-refractivity contribution in [1.29, 1.82) is 0 Å². The lowest BCUT2D eigenvalue weighted by Gasteiger charge is -2.11. The van der Waals surface area contributed by atoms with Gasteiger partial charge < -0.3 is 14.8 Å². The molecule has 0 saturated heterocycles. The van der Waals surface area contributed by atoms with Crippen LogP contribution >= 0.6 is 11.6 Å². The maximum Gasteiger partial charge on any atom is 0.343 e. The van der Waals surface area contributed by atoms with Crippen LogP contribution in [0.3, 0.4) is 0 Å². The molecule has 8 nitrogen and oxygen atoms in total. The quantitative estimate of drug-likeness (QED) is 0.130. The van der Waals surface area contributed by atoms with Gasteiger partial charge in [0.1, 0.15) is 11.5 Å². The number of nitrogens with zero attached hydrogens (tertiary/aromatic N) is 1. The number of hydrazone groups is 1. The summed E-state index contributed by atoms with van der Waals surface area (Å²) >= 11 is 6.01. The van der Waals surface area contributed by atoms with Crippen LogP contribution in [-0.2, 0) is 9.59 Å². The molecule has 36 heavy (non-hydrogen) atoms. The van der Waals surface area contributed by atoms with Crippen LogP contribution in [0.4, 0.5) is 5.69 Å². The fourth-order valence-electron chi connectivity index (χ4n) is 3.33. The molecule has 4 aromatic rings. The monoisotopic (exact) mass is 501 g/mol. The van der Waals surface area contributed by atoms with Crippen molar-refractivity contribution in [2.45, 2.75) is 0 Å². The van der Waals surface area contributed by atoms with Crippen LogP contribution < -0.4 is 20.2 Å². The number of amides is 2. The normalized spacial score (nSPS) is 10.7. The average molecular weight is 502 g/mol. The molecular formula is C27H20ClN3O5. The number of carbonyl (C=O) groups is 3. The molecular weight excluding hydrogens is 482 g/mol. The number of ether oxygens (including phenoxy) is 2. The zero-order valence-electron chi connectivity index (χ0n) is 19.0. The van der Waals surface area contributed by atoms with Crippen LogP contribution in [0.5, 0.6) is 11.5 Å². The number of carbonyl (C=O) groups excluding carboxylic acids is 3. The summed E-state index contributed by atoms with van der Waals surface area (Å²) < 4.78 is 10.7. The highest BCUT2D eigenvalue weighted by Crippen LogP contribution is 2.28. The van der Waals surface area contributed by atoms with Crippen molar-refractivity contribution in [3.8, 4) is 11.5 Å². The summed E-state index contributed by atoms with van der Waals surface area (Å²) in [6, 6.07) is 23.9. The number of rotatable bonds is 6. The van der Waals surface area contributed by atoms with Crippen LogP contribution in [0, 0.1) is 0 Å². The third-order valence-electron chi connectivity index (χ3n) is 5.15. The molecule has 0 radical (unpaired) electrons. The van der Waals surface area contributed by atoms with Gasteiger partial charge in [-0.1, -0.05) is 54.1 Å². The largest absolute Gasteiger partial charge is 0.497 e. The fraction of sp³-hybridized carbons (Fsp3) is 0.0370. The number of hydrogen-bond donors (Lipinski definition) is 2. The molecule has 0 saturated carbocycles. The first-order chi connectivity index (χ1) is 17.5. The minimum Gasteiger partial charge on any atom is -0.497 e. The van der Waals surface area contributed by atoms with Gasteiger partial charge in [0.25, 0.3) is 0 Å². The van der Waals surface area contributed by atoms with Gasteiger partial charge in [0, 0.05) is 5.56 Å². The Bertz CT molecular complexity index is 1470. The number of methoxy groups -OCH3 is 1. The van der Waals surface area contributed by atoms with Crippen molar-refractivity contribution < 1.29 is 23.9 Å². The number of para-hydroxylation sites is 1. The van der Waals surface area contributed by atoms with Gasteiger partial charge in [-0.25, -0.2) is 10.2 Å². The van der Waals surface area contributed by atoms with Gasteiger partial charge in [-0.15, -0.1) is 0 Å². The summed E-state index contributed by atoms with van der Waals surface area (Å²) in [6.07, 6.45) is 1.32. The van der Waals surface area contributed by atoms with Gasteiger partial charge in [0.15, 0.2) is 0 Å². The molecule has 0 fully saturated rings. The molecule has 0 aliphatic rings. The van der Waals surface area contributed by atoms with Gasteiger partial charge in [0.05, 0.1) is 29.6 Å². The highest BCUT2D eigenvalue weighted by Gasteiger charge is 2.16. The zero-order valence-corrected chi connectivity index (χ0v) is 19.8. The van der Waals surface area contributed by atoms with Gasteiger partial charge in [-0.05, 0) is 53.2 Å². The number of nitrogens with one attached hydrogen (secondary N) is 2. The van der Waals surface area contributed by atoms with Crippen molar-refractivity contribution in [1.82, 2.24) is 5.43 Å². The Kier molecular flexibility index (Phi) is 7.57. The van der Waals surface area contributed by atoms with Gasteiger partial charge >= 0.3 is 17.8 Å². The maximum atomic E-state index is 12.7. The topological polar surface area (TPSA) is 106 Å². The van der Waals surface area contributed by atoms with Crippen LogP contribution in [0.1, 0.15) is 15.9 Å². The number of hydrogen-bond acceptors (Lipinski definition) is 6. The van der Waals surface area contributed by atoms with Crippen LogP contribution in [0.2, 0.25) is 5.02 Å². The Hall–Kier alpha value is -4.69. The van der Waals surface area contributed by atoms with Crippen molar-refractivity contribution in [2.24, 2.45) is 5.10 Å². The van der Waals surface area contributed by atoms with Crippen molar-refractivity contribution in [2.75, 3.05) is 12.4 Å². The second-order valence-corrected chi connectivity index (χ2v) is 7.86. The SMILES string of the molecule is COc1ccc(C(=O)Oc2ccc3ccccc3c2/C=N/NC(=O)C(=O)Nc2ccccc2Cl)cc1. The Balaban J connectivity index is 1.54. The molecule has 0 aromatic heterocycles. The average Bonchev–Trinajstić information content (AvgIpc) is 2.90. The summed E-state index contributed by atoms with van der Waals surface area (Å²) in [7, 11) is 1.53.